The highest BCUT2D eigenvalue weighted by atomic mass is 16.2. The molecule has 0 spiro atoms. The van der Waals surface area contributed by atoms with Crippen molar-refractivity contribution in [3.8, 4) is 11.8 Å². The molecule has 4 nitrogen and oxygen atoms in total. The SMILES string of the molecule is CCC(C)NC(=O)c1cccc(C#CCCC(=O)N(C)C)c1. The van der Waals surface area contributed by atoms with E-state index in [1.54, 1.807) is 31.1 Å². The van der Waals surface area contributed by atoms with Crippen LogP contribution in [0.2, 0.25) is 0 Å². The number of hydrogen-bond donors (Lipinski definition) is 1. The molecule has 1 N–H and O–H groups in total. The van der Waals surface area contributed by atoms with E-state index in [2.05, 4.69) is 17.2 Å². The van der Waals surface area contributed by atoms with Crippen LogP contribution in [0.1, 0.15) is 49.0 Å². The number of nitrogens with one attached hydrogen (secondary N) is 1. The lowest BCUT2D eigenvalue weighted by molar-refractivity contribution is -0.128. The molecule has 0 bridgehead atoms. The fourth-order valence-electron chi connectivity index (χ4n) is 1.70. The summed E-state index contributed by atoms with van der Waals surface area (Å²) in [5, 5.41) is 2.93. The minimum absolute atomic E-state index is 0.0657. The van der Waals surface area contributed by atoms with Crippen LogP contribution in [-0.2, 0) is 4.79 Å². The Morgan fingerprint density at radius 2 is 2.05 bits per heavy atom. The number of rotatable bonds is 5. The average molecular weight is 300 g/mol. The number of nitrogens with zero attached hydrogens (tertiary/aromatic N) is 1. The summed E-state index contributed by atoms with van der Waals surface area (Å²) in [5.41, 5.74) is 1.39. The summed E-state index contributed by atoms with van der Waals surface area (Å²) >= 11 is 0. The van der Waals surface area contributed by atoms with E-state index in [0.29, 0.717) is 18.4 Å². The van der Waals surface area contributed by atoms with Crippen molar-refractivity contribution < 1.29 is 9.59 Å². The molecule has 0 fully saturated rings. The third kappa shape index (κ3) is 6.01. The van der Waals surface area contributed by atoms with Gasteiger partial charge in [-0.05, 0) is 31.5 Å². The van der Waals surface area contributed by atoms with Gasteiger partial charge in [-0.2, -0.15) is 0 Å². The zero-order valence-corrected chi connectivity index (χ0v) is 13.8. The molecule has 2 amide bonds. The molecule has 0 aliphatic rings. The van der Waals surface area contributed by atoms with E-state index >= 15 is 0 Å². The lowest BCUT2D eigenvalue weighted by Crippen LogP contribution is -2.31. The van der Waals surface area contributed by atoms with E-state index in [-0.39, 0.29) is 17.9 Å². The van der Waals surface area contributed by atoms with Gasteiger partial charge >= 0.3 is 0 Å². The van der Waals surface area contributed by atoms with Crippen LogP contribution in [0.15, 0.2) is 24.3 Å². The van der Waals surface area contributed by atoms with Gasteiger partial charge < -0.3 is 10.2 Å². The molecule has 1 aromatic carbocycles. The van der Waals surface area contributed by atoms with Crippen LogP contribution in [0, 0.1) is 11.8 Å². The lowest BCUT2D eigenvalue weighted by atomic mass is 10.1. The molecule has 1 aromatic rings. The Balaban J connectivity index is 2.65. The van der Waals surface area contributed by atoms with Gasteiger partial charge in [-0.3, -0.25) is 9.59 Å². The van der Waals surface area contributed by atoms with Crippen LogP contribution in [0.3, 0.4) is 0 Å². The van der Waals surface area contributed by atoms with E-state index in [1.165, 1.54) is 0 Å². The van der Waals surface area contributed by atoms with Crippen molar-refractivity contribution in [2.45, 2.75) is 39.2 Å². The largest absolute Gasteiger partial charge is 0.350 e. The molecule has 0 saturated carbocycles. The molecule has 22 heavy (non-hydrogen) atoms. The first-order valence-electron chi connectivity index (χ1n) is 7.54. The Morgan fingerprint density at radius 1 is 1.32 bits per heavy atom. The third-order valence-electron chi connectivity index (χ3n) is 3.31. The van der Waals surface area contributed by atoms with E-state index < -0.39 is 0 Å². The fourth-order valence-corrected chi connectivity index (χ4v) is 1.70. The zero-order valence-electron chi connectivity index (χ0n) is 13.8. The molecular formula is C18H24N2O2. The summed E-state index contributed by atoms with van der Waals surface area (Å²) in [6.45, 7) is 4.01. The number of amides is 2. The molecule has 4 heteroatoms. The van der Waals surface area contributed by atoms with Gasteiger partial charge in [0.25, 0.3) is 5.91 Å². The van der Waals surface area contributed by atoms with Crippen molar-refractivity contribution in [1.82, 2.24) is 10.2 Å². The second-order valence-corrected chi connectivity index (χ2v) is 5.45. The van der Waals surface area contributed by atoms with Crippen LogP contribution < -0.4 is 5.32 Å². The second-order valence-electron chi connectivity index (χ2n) is 5.45. The van der Waals surface area contributed by atoms with Crippen LogP contribution in [-0.4, -0.2) is 36.9 Å². The summed E-state index contributed by atoms with van der Waals surface area (Å²) in [4.78, 5) is 25.0. The van der Waals surface area contributed by atoms with Gasteiger partial charge in [0.1, 0.15) is 0 Å². The minimum Gasteiger partial charge on any atom is -0.350 e. The summed E-state index contributed by atoms with van der Waals surface area (Å²) < 4.78 is 0. The third-order valence-corrected chi connectivity index (χ3v) is 3.31. The normalized spacial score (nSPS) is 11.1. The van der Waals surface area contributed by atoms with Crippen LogP contribution in [0.4, 0.5) is 0 Å². The quantitative estimate of drug-likeness (QED) is 0.849. The smallest absolute Gasteiger partial charge is 0.251 e. The van der Waals surface area contributed by atoms with Gasteiger partial charge in [-0.1, -0.05) is 24.8 Å². The van der Waals surface area contributed by atoms with E-state index in [0.717, 1.165) is 12.0 Å². The first-order chi connectivity index (χ1) is 10.4. The molecule has 1 atom stereocenters. The van der Waals surface area contributed by atoms with Crippen molar-refractivity contribution in [3.05, 3.63) is 35.4 Å². The molecule has 118 valence electrons. The Hall–Kier alpha value is -2.28. The van der Waals surface area contributed by atoms with Gasteiger partial charge in [0, 0.05) is 44.1 Å². The van der Waals surface area contributed by atoms with Gasteiger partial charge in [-0.15, -0.1) is 0 Å². The molecule has 0 heterocycles. The zero-order chi connectivity index (χ0) is 16.5. The van der Waals surface area contributed by atoms with E-state index in [4.69, 9.17) is 0 Å². The Kier molecular flexibility index (Phi) is 7.18. The first-order valence-corrected chi connectivity index (χ1v) is 7.54. The molecular weight excluding hydrogens is 276 g/mol. The number of hydrogen-bond acceptors (Lipinski definition) is 2. The molecule has 1 unspecified atom stereocenters. The Morgan fingerprint density at radius 3 is 2.68 bits per heavy atom. The maximum absolute atomic E-state index is 12.1. The van der Waals surface area contributed by atoms with Crippen LogP contribution in [0.5, 0.6) is 0 Å². The van der Waals surface area contributed by atoms with Gasteiger partial charge in [0.15, 0.2) is 0 Å². The monoisotopic (exact) mass is 300 g/mol. The first kappa shape index (κ1) is 17.8. The highest BCUT2D eigenvalue weighted by Crippen LogP contribution is 2.05. The Labute approximate surface area is 132 Å². The molecule has 0 saturated heterocycles. The van der Waals surface area contributed by atoms with Crippen LogP contribution >= 0.6 is 0 Å². The van der Waals surface area contributed by atoms with Gasteiger partial charge in [0.2, 0.25) is 5.91 Å². The van der Waals surface area contributed by atoms with Crippen LogP contribution in [0.25, 0.3) is 0 Å². The van der Waals surface area contributed by atoms with Gasteiger partial charge in [0.05, 0.1) is 0 Å². The summed E-state index contributed by atoms with van der Waals surface area (Å²) in [6, 6.07) is 7.39. The van der Waals surface area contributed by atoms with Crippen molar-refractivity contribution in [1.29, 1.82) is 0 Å². The summed E-state index contributed by atoms with van der Waals surface area (Å²) in [6.07, 6.45) is 1.82. The second kappa shape index (κ2) is 8.89. The van der Waals surface area contributed by atoms with Crippen molar-refractivity contribution in [2.24, 2.45) is 0 Å². The number of carbonyl (C=O) groups is 2. The molecule has 0 aliphatic heterocycles. The predicted molar refractivity (Wildman–Crippen MR) is 88.5 cm³/mol. The van der Waals surface area contributed by atoms with Crippen molar-refractivity contribution in [3.63, 3.8) is 0 Å². The standard InChI is InChI=1S/C18H24N2O2/c1-5-14(2)19-18(22)16-11-8-10-15(13-16)9-6-7-12-17(21)20(3)4/h8,10-11,13-14H,5,7,12H2,1-4H3,(H,19,22). The van der Waals surface area contributed by atoms with Crippen molar-refractivity contribution in [2.75, 3.05) is 14.1 Å². The maximum atomic E-state index is 12.1. The van der Waals surface area contributed by atoms with E-state index in [9.17, 15) is 9.59 Å². The molecule has 1 rings (SSSR count). The predicted octanol–water partition coefficient (Wildman–Crippen LogP) is 2.43. The summed E-state index contributed by atoms with van der Waals surface area (Å²) in [5.74, 6) is 5.96. The lowest BCUT2D eigenvalue weighted by Gasteiger charge is -2.11. The highest BCUT2D eigenvalue weighted by molar-refractivity contribution is 5.94. The topological polar surface area (TPSA) is 49.4 Å². The van der Waals surface area contributed by atoms with Gasteiger partial charge in [-0.25, -0.2) is 0 Å². The maximum Gasteiger partial charge on any atom is 0.251 e. The molecule has 0 radical (unpaired) electrons. The average Bonchev–Trinajstić information content (AvgIpc) is 2.51. The highest BCUT2D eigenvalue weighted by Gasteiger charge is 2.08. The van der Waals surface area contributed by atoms with Crippen molar-refractivity contribution >= 4 is 11.8 Å². The fraction of sp³-hybridized carbons (Fsp3) is 0.444. The number of benzene rings is 1. The molecule has 0 aromatic heterocycles. The molecule has 0 aliphatic carbocycles. The Bertz CT molecular complexity index is 582. The summed E-state index contributed by atoms with van der Waals surface area (Å²) in [7, 11) is 3.46. The minimum atomic E-state index is -0.0826. The van der Waals surface area contributed by atoms with E-state index in [1.807, 2.05) is 26.0 Å². The number of carbonyl (C=O) groups excluding carboxylic acids is 2.